The zero-order valence-electron chi connectivity index (χ0n) is 12.1. The molecule has 4 nitrogen and oxygen atoms in total. The second-order valence-electron chi connectivity index (χ2n) is 4.38. The molecule has 1 heterocycles. The molecule has 0 unspecified atom stereocenters. The van der Waals surface area contributed by atoms with E-state index in [-0.39, 0.29) is 5.91 Å². The predicted molar refractivity (Wildman–Crippen MR) is 73.2 cm³/mol. The van der Waals surface area contributed by atoms with E-state index in [0.29, 0.717) is 13.2 Å². The second-order valence-corrected chi connectivity index (χ2v) is 4.38. The number of hydrogen-bond acceptors (Lipinski definition) is 2. The summed E-state index contributed by atoms with van der Waals surface area (Å²) >= 11 is 0. The van der Waals surface area contributed by atoms with Crippen molar-refractivity contribution >= 4 is 5.91 Å². The van der Waals surface area contributed by atoms with Gasteiger partial charge in [0.05, 0.1) is 6.61 Å². The third kappa shape index (κ3) is 2.75. The Balaban J connectivity index is 3.03. The first-order chi connectivity index (χ1) is 8.58. The third-order valence-electron chi connectivity index (χ3n) is 3.40. The normalized spacial score (nSPS) is 10.7. The number of hydrogen-bond donors (Lipinski definition) is 1. The first kappa shape index (κ1) is 14.8. The molecule has 18 heavy (non-hydrogen) atoms. The Morgan fingerprint density at radius 1 is 1.33 bits per heavy atom. The van der Waals surface area contributed by atoms with Gasteiger partial charge in [-0.15, -0.1) is 0 Å². The largest absolute Gasteiger partial charge is 0.383 e. The molecule has 0 fully saturated rings. The van der Waals surface area contributed by atoms with E-state index in [9.17, 15) is 4.79 Å². The SMILES string of the molecule is CCc1c(C)c(C(=O)NCCOC)n(CC)c1C. The van der Waals surface area contributed by atoms with Crippen molar-refractivity contribution in [3.05, 3.63) is 22.5 Å². The lowest BCUT2D eigenvalue weighted by Crippen LogP contribution is -2.29. The summed E-state index contributed by atoms with van der Waals surface area (Å²) in [5.41, 5.74) is 4.39. The van der Waals surface area contributed by atoms with Crippen LogP contribution in [0.2, 0.25) is 0 Å². The van der Waals surface area contributed by atoms with E-state index in [4.69, 9.17) is 4.74 Å². The zero-order valence-corrected chi connectivity index (χ0v) is 12.1. The number of methoxy groups -OCH3 is 1. The van der Waals surface area contributed by atoms with Crippen molar-refractivity contribution in [2.45, 2.75) is 40.7 Å². The number of aromatic nitrogens is 1. The lowest BCUT2D eigenvalue weighted by molar-refractivity contribution is 0.0927. The van der Waals surface area contributed by atoms with Gasteiger partial charge in [-0.05, 0) is 38.3 Å². The molecule has 0 atom stereocenters. The number of nitrogens with zero attached hydrogens (tertiary/aromatic N) is 1. The number of amides is 1. The summed E-state index contributed by atoms with van der Waals surface area (Å²) in [5.74, 6) is -0.00537. The molecule has 0 radical (unpaired) electrons. The molecular weight excluding hydrogens is 228 g/mol. The standard InChI is InChI=1S/C14H24N2O2/c1-6-12-10(3)13(16(7-2)11(12)4)14(17)15-8-9-18-5/h6-9H2,1-5H3,(H,15,17). The summed E-state index contributed by atoms with van der Waals surface area (Å²) in [7, 11) is 1.63. The fraction of sp³-hybridized carbons (Fsp3) is 0.643. The van der Waals surface area contributed by atoms with E-state index >= 15 is 0 Å². The van der Waals surface area contributed by atoms with Crippen LogP contribution in [-0.4, -0.2) is 30.7 Å². The number of nitrogens with one attached hydrogen (secondary N) is 1. The predicted octanol–water partition coefficient (Wildman–Crippen LogP) is 2.06. The summed E-state index contributed by atoms with van der Waals surface area (Å²) in [4.78, 5) is 12.2. The molecular formula is C14H24N2O2. The minimum Gasteiger partial charge on any atom is -0.383 e. The van der Waals surface area contributed by atoms with Crippen LogP contribution in [0.4, 0.5) is 0 Å². The quantitative estimate of drug-likeness (QED) is 0.788. The van der Waals surface area contributed by atoms with Gasteiger partial charge in [-0.25, -0.2) is 0 Å². The van der Waals surface area contributed by atoms with Crippen LogP contribution >= 0.6 is 0 Å². The maximum atomic E-state index is 12.2. The molecule has 4 heteroatoms. The van der Waals surface area contributed by atoms with Gasteiger partial charge in [0.2, 0.25) is 0 Å². The van der Waals surface area contributed by atoms with E-state index in [0.717, 1.165) is 24.2 Å². The molecule has 0 bridgehead atoms. The number of carbonyl (C=O) groups is 1. The molecule has 1 rings (SSSR count). The van der Waals surface area contributed by atoms with Crippen molar-refractivity contribution in [3.63, 3.8) is 0 Å². The third-order valence-corrected chi connectivity index (χ3v) is 3.40. The first-order valence-electron chi connectivity index (χ1n) is 6.54. The van der Waals surface area contributed by atoms with Crippen LogP contribution in [0.15, 0.2) is 0 Å². The number of ether oxygens (including phenoxy) is 1. The number of carbonyl (C=O) groups excluding carboxylic acids is 1. The molecule has 1 amide bonds. The molecule has 102 valence electrons. The maximum absolute atomic E-state index is 12.2. The van der Waals surface area contributed by atoms with Gasteiger partial charge in [-0.3, -0.25) is 4.79 Å². The molecule has 0 spiro atoms. The molecule has 0 aliphatic carbocycles. The van der Waals surface area contributed by atoms with Crippen molar-refractivity contribution in [2.24, 2.45) is 0 Å². The number of rotatable bonds is 6. The average Bonchev–Trinajstić information content (AvgIpc) is 2.60. The minimum atomic E-state index is -0.00537. The summed E-state index contributed by atoms with van der Waals surface area (Å²) in [6, 6.07) is 0. The van der Waals surface area contributed by atoms with E-state index < -0.39 is 0 Å². The van der Waals surface area contributed by atoms with Crippen LogP contribution in [0.5, 0.6) is 0 Å². The van der Waals surface area contributed by atoms with Gasteiger partial charge in [-0.2, -0.15) is 0 Å². The average molecular weight is 252 g/mol. The van der Waals surface area contributed by atoms with Crippen LogP contribution in [0.3, 0.4) is 0 Å². The maximum Gasteiger partial charge on any atom is 0.268 e. The highest BCUT2D eigenvalue weighted by Crippen LogP contribution is 2.22. The summed E-state index contributed by atoms with van der Waals surface area (Å²) in [5, 5.41) is 2.90. The summed E-state index contributed by atoms with van der Waals surface area (Å²) in [6.07, 6.45) is 0.961. The van der Waals surface area contributed by atoms with Gasteiger partial charge in [0.25, 0.3) is 5.91 Å². The monoisotopic (exact) mass is 252 g/mol. The molecule has 0 aliphatic rings. The summed E-state index contributed by atoms with van der Waals surface area (Å²) in [6.45, 7) is 10.2. The fourth-order valence-corrected chi connectivity index (χ4v) is 2.51. The smallest absolute Gasteiger partial charge is 0.268 e. The van der Waals surface area contributed by atoms with Gasteiger partial charge in [0.1, 0.15) is 5.69 Å². The Labute approximate surface area is 109 Å². The minimum absolute atomic E-state index is 0.00537. The Bertz CT molecular complexity index is 422. The Morgan fingerprint density at radius 2 is 2.00 bits per heavy atom. The highest BCUT2D eigenvalue weighted by molar-refractivity contribution is 5.94. The Morgan fingerprint density at radius 3 is 2.50 bits per heavy atom. The van der Waals surface area contributed by atoms with Crippen molar-refractivity contribution in [1.29, 1.82) is 0 Å². The Kier molecular flexibility index (Phi) is 5.41. The van der Waals surface area contributed by atoms with Crippen LogP contribution < -0.4 is 5.32 Å². The Hall–Kier alpha value is -1.29. The van der Waals surface area contributed by atoms with E-state index in [1.54, 1.807) is 7.11 Å². The van der Waals surface area contributed by atoms with Gasteiger partial charge >= 0.3 is 0 Å². The molecule has 1 aromatic heterocycles. The lowest BCUT2D eigenvalue weighted by Gasteiger charge is -2.10. The first-order valence-corrected chi connectivity index (χ1v) is 6.54. The molecule has 1 N–H and O–H groups in total. The van der Waals surface area contributed by atoms with Gasteiger partial charge < -0.3 is 14.6 Å². The summed E-state index contributed by atoms with van der Waals surface area (Å²) < 4.78 is 7.04. The molecule has 0 aliphatic heterocycles. The second kappa shape index (κ2) is 6.59. The van der Waals surface area contributed by atoms with Crippen molar-refractivity contribution in [1.82, 2.24) is 9.88 Å². The van der Waals surface area contributed by atoms with E-state index in [2.05, 4.69) is 30.7 Å². The fourth-order valence-electron chi connectivity index (χ4n) is 2.51. The van der Waals surface area contributed by atoms with Crippen LogP contribution in [0.1, 0.15) is 41.2 Å². The lowest BCUT2D eigenvalue weighted by atomic mass is 10.1. The molecule has 1 aromatic rings. The van der Waals surface area contributed by atoms with Crippen molar-refractivity contribution < 1.29 is 9.53 Å². The van der Waals surface area contributed by atoms with Gasteiger partial charge in [0, 0.05) is 25.9 Å². The molecule has 0 saturated heterocycles. The van der Waals surface area contributed by atoms with E-state index in [1.807, 2.05) is 6.92 Å². The van der Waals surface area contributed by atoms with Crippen LogP contribution in [0.25, 0.3) is 0 Å². The van der Waals surface area contributed by atoms with Gasteiger partial charge in [0.15, 0.2) is 0 Å². The van der Waals surface area contributed by atoms with Crippen molar-refractivity contribution in [3.8, 4) is 0 Å². The van der Waals surface area contributed by atoms with Crippen LogP contribution in [-0.2, 0) is 17.7 Å². The highest BCUT2D eigenvalue weighted by Gasteiger charge is 2.20. The molecule has 0 aromatic carbocycles. The van der Waals surface area contributed by atoms with Gasteiger partial charge in [-0.1, -0.05) is 6.92 Å². The highest BCUT2D eigenvalue weighted by atomic mass is 16.5. The van der Waals surface area contributed by atoms with Crippen molar-refractivity contribution in [2.75, 3.05) is 20.3 Å². The topological polar surface area (TPSA) is 43.3 Å². The zero-order chi connectivity index (χ0) is 13.7. The molecule has 0 saturated carbocycles. The van der Waals surface area contributed by atoms with Crippen LogP contribution in [0, 0.1) is 13.8 Å². The van der Waals surface area contributed by atoms with E-state index in [1.165, 1.54) is 11.3 Å².